The van der Waals surface area contributed by atoms with Crippen LogP contribution in [-0.4, -0.2) is 73.0 Å². The number of ether oxygens (including phenoxy) is 1. The predicted octanol–water partition coefficient (Wildman–Crippen LogP) is 7.44. The van der Waals surface area contributed by atoms with Crippen LogP contribution < -0.4 is 11.4 Å². The lowest BCUT2D eigenvalue weighted by atomic mass is 9.83. The van der Waals surface area contributed by atoms with Gasteiger partial charge < -0.3 is 14.2 Å². The highest BCUT2D eigenvalue weighted by molar-refractivity contribution is 6.00. The summed E-state index contributed by atoms with van der Waals surface area (Å²) in [6.07, 6.45) is 7.17. The Kier molecular flexibility index (Phi) is 9.00. The molecule has 1 amide bonds. The molecule has 2 fully saturated rings. The van der Waals surface area contributed by atoms with Crippen LogP contribution in [-0.2, 0) is 23.7 Å². The molecule has 7 heterocycles. The monoisotopic (exact) mass is 882 g/mol. The average molecular weight is 883 g/mol. The molecule has 5 aromatic heterocycles. The van der Waals surface area contributed by atoms with Gasteiger partial charge in [0.15, 0.2) is 11.6 Å². The first-order chi connectivity index (χ1) is 31.1. The summed E-state index contributed by atoms with van der Waals surface area (Å²) < 4.78 is 50.2. The number of rotatable bonds is 7. The van der Waals surface area contributed by atoms with E-state index in [0.29, 0.717) is 76.9 Å². The number of aromatic nitrogens is 9. The second kappa shape index (κ2) is 14.3. The molecule has 8 aromatic rings. The van der Waals surface area contributed by atoms with Gasteiger partial charge in [0.25, 0.3) is 5.91 Å². The number of carbonyl (C=O) groups is 1. The zero-order valence-electron chi connectivity index (χ0n) is 37.1. The molecule has 1 saturated heterocycles. The van der Waals surface area contributed by atoms with E-state index in [2.05, 4.69) is 54.2 Å². The molecule has 334 valence electrons. The summed E-state index contributed by atoms with van der Waals surface area (Å²) in [5, 5.41) is 14.6. The summed E-state index contributed by atoms with van der Waals surface area (Å²) in [7, 11) is 1.72. The molecule has 1 aliphatic carbocycles. The normalized spacial score (nSPS) is 21.7. The topological polar surface area (TPSA) is 156 Å². The number of hydrogen-bond acceptors (Lipinski definition) is 8. The second-order valence-corrected chi connectivity index (χ2v) is 18.8. The van der Waals surface area contributed by atoms with E-state index < -0.39 is 28.8 Å². The van der Waals surface area contributed by atoms with Crippen molar-refractivity contribution in [3.05, 3.63) is 139 Å². The lowest BCUT2D eigenvalue weighted by Gasteiger charge is -2.35. The van der Waals surface area contributed by atoms with E-state index in [0.717, 1.165) is 29.3 Å². The molecule has 3 aromatic carbocycles. The number of halogens is 2. The fourth-order valence-corrected chi connectivity index (χ4v) is 10.8. The molecule has 0 spiro atoms. The molecular formula is C48H48F2N10O5. The van der Waals surface area contributed by atoms with E-state index in [1.54, 1.807) is 65.6 Å². The van der Waals surface area contributed by atoms with Crippen molar-refractivity contribution >= 4 is 27.7 Å². The summed E-state index contributed by atoms with van der Waals surface area (Å²) in [6, 6.07) is 14.3. The molecule has 2 aliphatic heterocycles. The van der Waals surface area contributed by atoms with Gasteiger partial charge in [0.2, 0.25) is 0 Å². The Balaban J connectivity index is 1.06. The Bertz CT molecular complexity index is 3380. The number of carbonyl (C=O) groups excluding carboxylic acids is 1. The Morgan fingerprint density at radius 3 is 2.38 bits per heavy atom. The fourth-order valence-electron chi connectivity index (χ4n) is 10.8. The van der Waals surface area contributed by atoms with E-state index in [1.807, 2.05) is 17.6 Å². The van der Waals surface area contributed by atoms with Crippen molar-refractivity contribution in [2.75, 3.05) is 13.2 Å². The van der Waals surface area contributed by atoms with E-state index in [-0.39, 0.29) is 40.2 Å². The number of fused-ring (bicyclic) bond motifs is 3. The van der Waals surface area contributed by atoms with Gasteiger partial charge in [0.1, 0.15) is 22.9 Å². The summed E-state index contributed by atoms with van der Waals surface area (Å²) in [5.41, 5.74) is 3.92. The molecule has 0 radical (unpaired) electrons. The van der Waals surface area contributed by atoms with E-state index in [1.165, 1.54) is 21.5 Å². The highest BCUT2D eigenvalue weighted by Crippen LogP contribution is 2.56. The number of nitrogens with one attached hydrogen (secondary N) is 1. The van der Waals surface area contributed by atoms with Crippen molar-refractivity contribution in [3.8, 4) is 17.2 Å². The van der Waals surface area contributed by atoms with E-state index in [4.69, 9.17) is 14.4 Å². The van der Waals surface area contributed by atoms with Crippen LogP contribution in [0.4, 0.5) is 8.78 Å². The molecule has 17 heteroatoms. The number of benzene rings is 3. The summed E-state index contributed by atoms with van der Waals surface area (Å²) in [5.74, 6) is -0.925. The van der Waals surface area contributed by atoms with Crippen LogP contribution in [0.3, 0.4) is 0 Å². The van der Waals surface area contributed by atoms with Crippen LogP contribution in [0.25, 0.3) is 39.0 Å². The Morgan fingerprint density at radius 2 is 1.68 bits per heavy atom. The predicted molar refractivity (Wildman–Crippen MR) is 237 cm³/mol. The molecule has 0 unspecified atom stereocenters. The minimum absolute atomic E-state index is 0.00109. The molecule has 15 nitrogen and oxygen atoms in total. The van der Waals surface area contributed by atoms with Crippen LogP contribution in [0.1, 0.15) is 103 Å². The highest BCUT2D eigenvalue weighted by Gasteiger charge is 2.59. The molecule has 3 aliphatic rings. The largest absolute Gasteiger partial charge is 0.438 e. The van der Waals surface area contributed by atoms with Crippen molar-refractivity contribution in [2.45, 2.75) is 90.3 Å². The number of amides is 1. The summed E-state index contributed by atoms with van der Waals surface area (Å²) >= 11 is 0. The van der Waals surface area contributed by atoms with Gasteiger partial charge >= 0.3 is 11.4 Å². The van der Waals surface area contributed by atoms with Crippen LogP contribution in [0.5, 0.6) is 0 Å². The van der Waals surface area contributed by atoms with Gasteiger partial charge in [-0.05, 0) is 125 Å². The Hall–Kier alpha value is -6.88. The molecule has 0 bridgehead atoms. The molecular weight excluding hydrogens is 835 g/mol. The lowest BCUT2D eigenvalue weighted by molar-refractivity contribution is -0.0592. The quantitative estimate of drug-likeness (QED) is 0.173. The molecule has 11 rings (SSSR count). The van der Waals surface area contributed by atoms with Gasteiger partial charge in [-0.2, -0.15) is 10.2 Å². The van der Waals surface area contributed by atoms with Gasteiger partial charge in [-0.15, -0.1) is 0 Å². The van der Waals surface area contributed by atoms with Crippen molar-refractivity contribution in [1.29, 1.82) is 0 Å². The number of H-pyrrole nitrogens is 1. The maximum atomic E-state index is 16.1. The third-order valence-electron chi connectivity index (χ3n) is 14.2. The van der Waals surface area contributed by atoms with Gasteiger partial charge in [0, 0.05) is 55.5 Å². The van der Waals surface area contributed by atoms with Crippen molar-refractivity contribution in [2.24, 2.45) is 13.0 Å². The van der Waals surface area contributed by atoms with Crippen LogP contribution >= 0.6 is 0 Å². The highest BCUT2D eigenvalue weighted by atomic mass is 19.1. The van der Waals surface area contributed by atoms with E-state index >= 15 is 13.6 Å². The molecule has 4 atom stereocenters. The third-order valence-corrected chi connectivity index (χ3v) is 14.2. The fraction of sp³-hybridized carbons (Fsp3) is 0.375. The molecule has 65 heavy (non-hydrogen) atoms. The number of hydrogen-bond donors (Lipinski definition) is 1. The first kappa shape index (κ1) is 40.9. The van der Waals surface area contributed by atoms with Crippen LogP contribution in [0, 0.1) is 31.4 Å². The van der Waals surface area contributed by atoms with Crippen molar-refractivity contribution in [3.63, 3.8) is 0 Å². The van der Waals surface area contributed by atoms with Gasteiger partial charge in [0.05, 0.1) is 45.8 Å². The van der Waals surface area contributed by atoms with Gasteiger partial charge in [-0.3, -0.25) is 28.1 Å². The second-order valence-electron chi connectivity index (χ2n) is 18.8. The van der Waals surface area contributed by atoms with Crippen molar-refractivity contribution in [1.82, 2.24) is 48.3 Å². The zero-order valence-corrected chi connectivity index (χ0v) is 37.1. The summed E-state index contributed by atoms with van der Waals surface area (Å²) in [6.45, 7) is 12.5. The molecule has 1 N–H and O–H groups in total. The van der Waals surface area contributed by atoms with Crippen LogP contribution in [0.15, 0.2) is 81.2 Å². The van der Waals surface area contributed by atoms with Gasteiger partial charge in [-0.25, -0.2) is 23.1 Å². The number of aryl methyl sites for hydroxylation is 3. The first-order valence-electron chi connectivity index (χ1n) is 22.0. The number of aromatic amines is 1. The third kappa shape index (κ3) is 6.14. The standard InChI is InChI=1S/C48H48F2N10O5/c1-25-18-32(19-26(2)40(25)49)60-42(58-16-15-57(46(58)63)37-11-10-36-33(41(37)50)24-51-55(36)7)39-28(4)56(14-12-34(39)53-60)43(61)38-21-31-20-29(30-13-17-64-47(5,6)23-30)8-9-35(31)59(38)48(22-27(48)3)44-52-45(62)65-54-44/h8-11,15-16,18-21,24,27-28,30H,12-14,17,22-23H2,1-7H3,(H,52,54,62)/t27-,28-,30-,48+/m0/s1. The lowest BCUT2D eigenvalue weighted by Crippen LogP contribution is -2.41. The molecule has 1 saturated carbocycles. The van der Waals surface area contributed by atoms with E-state index in [9.17, 15) is 9.59 Å². The smallest absolute Gasteiger partial charge is 0.376 e. The SMILES string of the molecule is Cc1cc(-n2nc3c(c2-n2ccn(-c4ccc5c(cnn5C)c4F)c2=O)[C@H](C)N(C(=O)c2cc4cc([C@H]5CCOC(C)(C)C5)ccc4n2[C@]2(c4noc(=O)[nH]4)C[C@@H]2C)CC3)cc(C)c1F. The minimum atomic E-state index is -0.857. The number of nitrogens with zero attached hydrogens (tertiary/aromatic N) is 9. The zero-order chi connectivity index (χ0) is 45.4. The Labute approximate surface area is 370 Å². The Morgan fingerprint density at radius 1 is 0.938 bits per heavy atom. The van der Waals surface area contributed by atoms with Crippen LogP contribution in [0.2, 0.25) is 0 Å². The maximum Gasteiger partial charge on any atom is 0.438 e. The minimum Gasteiger partial charge on any atom is -0.376 e. The van der Waals surface area contributed by atoms with Gasteiger partial charge in [-0.1, -0.05) is 18.1 Å². The summed E-state index contributed by atoms with van der Waals surface area (Å²) in [4.78, 5) is 47.2. The first-order valence-corrected chi connectivity index (χ1v) is 22.0. The van der Waals surface area contributed by atoms with Crippen molar-refractivity contribution < 1.29 is 22.8 Å². The number of imidazole rings is 1. The maximum absolute atomic E-state index is 16.1. The average Bonchev–Trinajstić information content (AvgIpc) is 3.90.